The minimum atomic E-state index is -0.464. The molecule has 0 N–H and O–H groups in total. The number of nitrogens with zero attached hydrogens (tertiary/aromatic N) is 1. The highest BCUT2D eigenvalue weighted by atomic mass is 32.2. The van der Waals surface area contributed by atoms with Crippen molar-refractivity contribution in [2.45, 2.75) is 64.2 Å². The zero-order chi connectivity index (χ0) is 15.2. The fraction of sp³-hybridized carbons (Fsp3) is 0.923. The summed E-state index contributed by atoms with van der Waals surface area (Å²) in [5.74, 6) is 0. The molecule has 6 nitrogen and oxygen atoms in total. The van der Waals surface area contributed by atoms with Gasteiger partial charge in [0.25, 0.3) is 0 Å². The van der Waals surface area contributed by atoms with Crippen molar-refractivity contribution in [2.24, 2.45) is 0 Å². The van der Waals surface area contributed by atoms with Crippen LogP contribution in [0.25, 0.3) is 0 Å². The van der Waals surface area contributed by atoms with Crippen molar-refractivity contribution >= 4 is 18.1 Å². The lowest BCUT2D eigenvalue weighted by Gasteiger charge is -2.34. The predicted octanol–water partition coefficient (Wildman–Crippen LogP) is 3.32. The summed E-state index contributed by atoms with van der Waals surface area (Å²) in [5.41, 5.74) is -0.464. The van der Waals surface area contributed by atoms with E-state index in [0.717, 1.165) is 37.7 Å². The van der Waals surface area contributed by atoms with Crippen LogP contribution in [0.3, 0.4) is 0 Å². The highest BCUT2D eigenvalue weighted by Crippen LogP contribution is 2.26. The minimum absolute atomic E-state index is 0.0189. The van der Waals surface area contributed by atoms with Crippen LogP contribution in [0.15, 0.2) is 0 Å². The van der Waals surface area contributed by atoms with Gasteiger partial charge in [-0.05, 0) is 46.5 Å². The molecule has 7 heteroatoms. The van der Waals surface area contributed by atoms with E-state index in [9.17, 15) is 4.79 Å². The summed E-state index contributed by atoms with van der Waals surface area (Å²) >= 11 is 1.09. The van der Waals surface area contributed by atoms with Crippen LogP contribution in [0, 0.1) is 0 Å². The molecule has 0 aromatic rings. The van der Waals surface area contributed by atoms with Crippen LogP contribution in [-0.2, 0) is 19.0 Å². The van der Waals surface area contributed by atoms with E-state index in [1.54, 1.807) is 18.2 Å². The Morgan fingerprint density at radius 2 is 1.80 bits per heavy atom. The minimum Gasteiger partial charge on any atom is -0.444 e. The number of carbonyl (C=O) groups is 1. The molecule has 0 bridgehead atoms. The number of amides is 1. The Labute approximate surface area is 125 Å². The van der Waals surface area contributed by atoms with Crippen LogP contribution in [0.4, 0.5) is 4.79 Å². The molecule has 1 rings (SSSR count). The van der Waals surface area contributed by atoms with Crippen molar-refractivity contribution in [1.29, 1.82) is 0 Å². The Morgan fingerprint density at radius 1 is 1.20 bits per heavy atom. The quantitative estimate of drug-likeness (QED) is 0.336. The first kappa shape index (κ1) is 17.6. The summed E-state index contributed by atoms with van der Waals surface area (Å²) in [6, 6.07) is 0.186. The number of ether oxygens (including phenoxy) is 1. The van der Waals surface area contributed by atoms with Gasteiger partial charge in [-0.1, -0.05) is 5.04 Å². The number of hydrogen-bond donors (Lipinski definition) is 0. The van der Waals surface area contributed by atoms with Crippen molar-refractivity contribution < 1.29 is 23.8 Å². The highest BCUT2D eigenvalue weighted by Gasteiger charge is 2.30. The van der Waals surface area contributed by atoms with E-state index in [2.05, 4.69) is 9.37 Å². The Kier molecular flexibility index (Phi) is 7.08. The third kappa shape index (κ3) is 6.30. The van der Waals surface area contributed by atoms with Gasteiger partial charge in [0.15, 0.2) is 0 Å². The summed E-state index contributed by atoms with van der Waals surface area (Å²) < 4.78 is 9.98. The fourth-order valence-electron chi connectivity index (χ4n) is 2.11. The van der Waals surface area contributed by atoms with E-state index in [1.807, 2.05) is 20.8 Å². The Hall–Kier alpha value is -0.500. The van der Waals surface area contributed by atoms with Crippen molar-refractivity contribution in [3.63, 3.8) is 0 Å². The van der Waals surface area contributed by atoms with Gasteiger partial charge in [0.2, 0.25) is 0 Å². The normalized spacial score (nSPS) is 23.4. The van der Waals surface area contributed by atoms with Gasteiger partial charge < -0.3 is 9.64 Å². The zero-order valence-corrected chi connectivity index (χ0v) is 13.7. The molecular formula is C13H25NO5S. The second kappa shape index (κ2) is 8.07. The topological polar surface area (TPSA) is 57.2 Å². The van der Waals surface area contributed by atoms with E-state index in [4.69, 9.17) is 9.62 Å². The number of carbonyl (C=O) groups excluding carboxylic acids is 1. The summed E-state index contributed by atoms with van der Waals surface area (Å²) in [6.45, 7) is 5.60. The van der Waals surface area contributed by atoms with Crippen LogP contribution in [0.5, 0.6) is 0 Å². The molecule has 0 saturated heterocycles. The van der Waals surface area contributed by atoms with Gasteiger partial charge in [-0.3, -0.25) is 0 Å². The fourth-order valence-corrected chi connectivity index (χ4v) is 2.20. The predicted molar refractivity (Wildman–Crippen MR) is 76.8 cm³/mol. The first-order chi connectivity index (χ1) is 9.33. The maximum absolute atomic E-state index is 12.0. The first-order valence-electron chi connectivity index (χ1n) is 6.82. The SMILES string of the molecule is CSOOO[C@H]1CC[C@@H](N(C)C(=O)OC(C)(C)C)CC1. The van der Waals surface area contributed by atoms with E-state index in [0.29, 0.717) is 0 Å². The van der Waals surface area contributed by atoms with Gasteiger partial charge in [-0.2, -0.15) is 0 Å². The van der Waals surface area contributed by atoms with Gasteiger partial charge in [0, 0.05) is 31.4 Å². The lowest BCUT2D eigenvalue weighted by molar-refractivity contribution is -0.479. The molecule has 1 aliphatic carbocycles. The second-order valence-electron chi connectivity index (χ2n) is 5.92. The molecule has 0 radical (unpaired) electrons. The van der Waals surface area contributed by atoms with Gasteiger partial charge in [0.05, 0.1) is 6.10 Å². The van der Waals surface area contributed by atoms with Crippen molar-refractivity contribution in [3.8, 4) is 0 Å². The molecule has 0 aliphatic heterocycles. The maximum Gasteiger partial charge on any atom is 0.410 e. The third-order valence-corrected chi connectivity index (χ3v) is 3.34. The molecule has 118 valence electrons. The Bertz CT molecular complexity index is 300. The van der Waals surface area contributed by atoms with Crippen LogP contribution in [-0.4, -0.2) is 42.0 Å². The van der Waals surface area contributed by atoms with E-state index >= 15 is 0 Å². The van der Waals surface area contributed by atoms with Gasteiger partial charge in [0.1, 0.15) is 5.60 Å². The first-order valence-corrected chi connectivity index (χ1v) is 7.97. The molecule has 0 heterocycles. The summed E-state index contributed by atoms with van der Waals surface area (Å²) in [5, 5.41) is 4.59. The van der Waals surface area contributed by atoms with E-state index < -0.39 is 5.60 Å². The van der Waals surface area contributed by atoms with Gasteiger partial charge in [-0.25, -0.2) is 9.68 Å². The van der Waals surface area contributed by atoms with E-state index in [-0.39, 0.29) is 18.2 Å². The molecule has 0 spiro atoms. The third-order valence-electron chi connectivity index (χ3n) is 3.14. The van der Waals surface area contributed by atoms with E-state index in [1.165, 1.54) is 0 Å². The van der Waals surface area contributed by atoms with Crippen LogP contribution in [0.1, 0.15) is 46.5 Å². The Morgan fingerprint density at radius 3 is 2.30 bits per heavy atom. The standard InChI is InChI=1S/C13H25NO5S/c1-13(2,3)16-12(15)14(4)10-6-8-11(9-7-10)17-18-19-20-5/h10-11H,6-9H2,1-5H3/t10-,11+. The molecule has 0 atom stereocenters. The summed E-state index contributed by atoms with van der Waals surface area (Å²) in [7, 11) is 1.78. The zero-order valence-electron chi connectivity index (χ0n) is 12.9. The van der Waals surface area contributed by atoms with Crippen molar-refractivity contribution in [1.82, 2.24) is 4.90 Å². The lowest BCUT2D eigenvalue weighted by Crippen LogP contribution is -2.43. The molecule has 1 aliphatic rings. The monoisotopic (exact) mass is 307 g/mol. The molecule has 1 saturated carbocycles. The number of hydrogen-bond acceptors (Lipinski definition) is 6. The molecule has 20 heavy (non-hydrogen) atoms. The number of rotatable bonds is 5. The molecule has 1 fully saturated rings. The second-order valence-corrected chi connectivity index (χ2v) is 6.39. The van der Waals surface area contributed by atoms with Crippen LogP contribution >= 0.6 is 12.0 Å². The smallest absolute Gasteiger partial charge is 0.410 e. The Balaban J connectivity index is 2.31. The van der Waals surface area contributed by atoms with Crippen molar-refractivity contribution in [3.05, 3.63) is 0 Å². The van der Waals surface area contributed by atoms with Crippen LogP contribution in [0.2, 0.25) is 0 Å². The molecular weight excluding hydrogens is 282 g/mol. The van der Waals surface area contributed by atoms with Gasteiger partial charge in [-0.15, -0.1) is 4.33 Å². The van der Waals surface area contributed by atoms with Crippen LogP contribution < -0.4 is 0 Å². The average Bonchev–Trinajstić information content (AvgIpc) is 2.37. The largest absolute Gasteiger partial charge is 0.444 e. The highest BCUT2D eigenvalue weighted by molar-refractivity contribution is 7.93. The van der Waals surface area contributed by atoms with Gasteiger partial charge >= 0.3 is 6.09 Å². The van der Waals surface area contributed by atoms with Crippen molar-refractivity contribution in [2.75, 3.05) is 13.3 Å². The molecule has 0 unspecified atom stereocenters. The molecule has 1 amide bonds. The molecule has 0 aromatic heterocycles. The average molecular weight is 307 g/mol. The lowest BCUT2D eigenvalue weighted by atomic mass is 9.92. The molecule has 0 aromatic carbocycles. The summed E-state index contributed by atoms with van der Waals surface area (Å²) in [6.07, 6.45) is 4.88. The summed E-state index contributed by atoms with van der Waals surface area (Å²) in [4.78, 5) is 18.8. The maximum atomic E-state index is 12.0.